The first kappa shape index (κ1) is 16.8. The molecule has 0 atom stereocenters. The van der Waals surface area contributed by atoms with E-state index in [0.717, 1.165) is 11.1 Å². The van der Waals surface area contributed by atoms with Gasteiger partial charge in [-0.2, -0.15) is 10.1 Å². The van der Waals surface area contributed by atoms with E-state index in [9.17, 15) is 14.9 Å². The molecular formula is C16H15N5O3S. The summed E-state index contributed by atoms with van der Waals surface area (Å²) in [5.74, 6) is -0.447. The number of thiazole rings is 1. The molecule has 0 saturated carbocycles. The highest BCUT2D eigenvalue weighted by Gasteiger charge is 2.15. The zero-order chi connectivity index (χ0) is 18.1. The number of amides is 1. The van der Waals surface area contributed by atoms with Gasteiger partial charge < -0.3 is 4.57 Å². The van der Waals surface area contributed by atoms with E-state index in [1.165, 1.54) is 23.5 Å². The lowest BCUT2D eigenvalue weighted by atomic mass is 10.3. The lowest BCUT2D eigenvalue weighted by Crippen LogP contribution is -2.16. The third-order valence-corrected chi connectivity index (χ3v) is 4.64. The Bertz CT molecular complexity index is 1070. The normalized spacial score (nSPS) is 11.8. The number of hydrogen-bond donors (Lipinski definition) is 0. The lowest BCUT2D eigenvalue weighted by molar-refractivity contribution is -0.384. The molecule has 0 radical (unpaired) electrons. The third-order valence-electron chi connectivity index (χ3n) is 3.60. The highest BCUT2D eigenvalue weighted by molar-refractivity contribution is 7.16. The number of fused-ring (bicyclic) bond motifs is 1. The number of non-ortho nitro benzene ring substituents is 1. The molecule has 3 rings (SSSR count). The van der Waals surface area contributed by atoms with E-state index in [1.54, 1.807) is 41.6 Å². The summed E-state index contributed by atoms with van der Waals surface area (Å²) in [6, 6.07) is 4.57. The number of allylic oxidation sites excluding steroid dienone is 1. The molecule has 2 aromatic heterocycles. The molecule has 2 heterocycles. The Balaban J connectivity index is 2.18. The van der Waals surface area contributed by atoms with Crippen LogP contribution in [0.25, 0.3) is 10.2 Å². The number of nitrogens with zero attached hydrogens (tertiary/aromatic N) is 5. The van der Waals surface area contributed by atoms with Crippen LogP contribution in [0.15, 0.2) is 42.0 Å². The van der Waals surface area contributed by atoms with E-state index in [0.29, 0.717) is 16.0 Å². The van der Waals surface area contributed by atoms with Crippen molar-refractivity contribution in [2.24, 2.45) is 12.0 Å². The Morgan fingerprint density at radius 2 is 2.28 bits per heavy atom. The molecule has 0 saturated heterocycles. The van der Waals surface area contributed by atoms with Gasteiger partial charge >= 0.3 is 0 Å². The average Bonchev–Trinajstić information content (AvgIpc) is 3.07. The number of nitro groups is 1. The van der Waals surface area contributed by atoms with Gasteiger partial charge in [-0.25, -0.2) is 0 Å². The number of carbonyl (C=O) groups excluding carboxylic acids is 1. The molecule has 0 aliphatic rings. The summed E-state index contributed by atoms with van der Waals surface area (Å²) in [5.41, 5.74) is 1.79. The largest absolute Gasteiger partial charge is 0.312 e. The Kier molecular flexibility index (Phi) is 4.32. The maximum Gasteiger partial charge on any atom is 0.300 e. The van der Waals surface area contributed by atoms with Crippen LogP contribution in [-0.2, 0) is 13.6 Å². The standard InChI is InChI=1S/C16H15N5O3S/c1-4-7-20-12-6-5-11(21(23)24)8-13(12)25-16(20)17-15(22)14-10(2)9-19(3)18-14/h4-6,8-9H,1,7H2,2-3H3. The van der Waals surface area contributed by atoms with Gasteiger partial charge in [0.05, 0.1) is 15.1 Å². The lowest BCUT2D eigenvalue weighted by Gasteiger charge is -2.00. The van der Waals surface area contributed by atoms with Crippen molar-refractivity contribution in [3.05, 3.63) is 63.2 Å². The zero-order valence-corrected chi connectivity index (χ0v) is 14.5. The number of carbonyl (C=O) groups is 1. The minimum absolute atomic E-state index is 0.00190. The fourth-order valence-corrected chi connectivity index (χ4v) is 3.60. The van der Waals surface area contributed by atoms with Crippen LogP contribution in [0.3, 0.4) is 0 Å². The van der Waals surface area contributed by atoms with Gasteiger partial charge in [0.25, 0.3) is 11.6 Å². The molecule has 0 fully saturated rings. The van der Waals surface area contributed by atoms with E-state index in [-0.39, 0.29) is 11.4 Å². The van der Waals surface area contributed by atoms with E-state index in [2.05, 4.69) is 16.7 Å². The van der Waals surface area contributed by atoms with Crippen LogP contribution in [0.4, 0.5) is 5.69 Å². The van der Waals surface area contributed by atoms with Crippen LogP contribution in [0.5, 0.6) is 0 Å². The summed E-state index contributed by atoms with van der Waals surface area (Å²) >= 11 is 1.22. The van der Waals surface area contributed by atoms with Gasteiger partial charge in [0.1, 0.15) is 0 Å². The van der Waals surface area contributed by atoms with Crippen molar-refractivity contribution in [3.63, 3.8) is 0 Å². The van der Waals surface area contributed by atoms with Crippen LogP contribution in [0.1, 0.15) is 16.1 Å². The van der Waals surface area contributed by atoms with Crippen molar-refractivity contribution in [1.29, 1.82) is 0 Å². The first-order valence-electron chi connectivity index (χ1n) is 7.38. The van der Waals surface area contributed by atoms with Gasteiger partial charge in [0.15, 0.2) is 10.5 Å². The maximum atomic E-state index is 12.5. The van der Waals surface area contributed by atoms with Crippen molar-refractivity contribution in [3.8, 4) is 0 Å². The molecule has 25 heavy (non-hydrogen) atoms. The molecule has 1 amide bonds. The van der Waals surface area contributed by atoms with Crippen molar-refractivity contribution >= 4 is 33.1 Å². The van der Waals surface area contributed by atoms with E-state index in [4.69, 9.17) is 0 Å². The molecule has 9 heteroatoms. The van der Waals surface area contributed by atoms with Crippen LogP contribution in [0, 0.1) is 17.0 Å². The second kappa shape index (κ2) is 6.44. The maximum absolute atomic E-state index is 12.5. The second-order valence-corrected chi connectivity index (χ2v) is 6.45. The summed E-state index contributed by atoms with van der Waals surface area (Å²) < 4.78 is 4.04. The van der Waals surface area contributed by atoms with Crippen molar-refractivity contribution in [2.75, 3.05) is 0 Å². The molecule has 3 aromatic rings. The summed E-state index contributed by atoms with van der Waals surface area (Å²) in [6.45, 7) is 5.95. The summed E-state index contributed by atoms with van der Waals surface area (Å²) in [4.78, 5) is 27.6. The SMILES string of the molecule is C=CCn1c(=NC(=O)c2nn(C)cc2C)sc2cc([N+](=O)[O-])ccc21. The minimum atomic E-state index is -0.448. The van der Waals surface area contributed by atoms with Crippen molar-refractivity contribution in [1.82, 2.24) is 14.3 Å². The summed E-state index contributed by atoms with van der Waals surface area (Å²) in [6.07, 6.45) is 3.43. The topological polar surface area (TPSA) is 95.3 Å². The number of aromatic nitrogens is 3. The van der Waals surface area contributed by atoms with Crippen LogP contribution in [-0.4, -0.2) is 25.2 Å². The molecule has 8 nitrogen and oxygen atoms in total. The first-order valence-corrected chi connectivity index (χ1v) is 8.20. The first-order chi connectivity index (χ1) is 11.9. The molecule has 0 N–H and O–H groups in total. The fourth-order valence-electron chi connectivity index (χ4n) is 2.52. The van der Waals surface area contributed by atoms with E-state index >= 15 is 0 Å². The summed E-state index contributed by atoms with van der Waals surface area (Å²) in [7, 11) is 1.74. The molecule has 0 unspecified atom stereocenters. The fraction of sp³-hybridized carbons (Fsp3) is 0.188. The Labute approximate surface area is 146 Å². The number of benzene rings is 1. The molecule has 0 bridgehead atoms. The van der Waals surface area contributed by atoms with Gasteiger partial charge in [-0.3, -0.25) is 19.6 Å². The number of nitro benzene ring substituents is 1. The number of hydrogen-bond acceptors (Lipinski definition) is 5. The number of aryl methyl sites for hydroxylation is 2. The van der Waals surface area contributed by atoms with Crippen LogP contribution < -0.4 is 4.80 Å². The number of rotatable bonds is 4. The highest BCUT2D eigenvalue weighted by Crippen LogP contribution is 2.23. The van der Waals surface area contributed by atoms with Gasteiger partial charge in [0.2, 0.25) is 0 Å². The zero-order valence-electron chi connectivity index (χ0n) is 13.7. The monoisotopic (exact) mass is 357 g/mol. The smallest absolute Gasteiger partial charge is 0.300 e. The second-order valence-electron chi connectivity index (χ2n) is 5.44. The Morgan fingerprint density at radius 3 is 2.88 bits per heavy atom. The predicted molar refractivity (Wildman–Crippen MR) is 94.5 cm³/mol. The summed E-state index contributed by atoms with van der Waals surface area (Å²) in [5, 5.41) is 15.1. The Morgan fingerprint density at radius 1 is 1.52 bits per heavy atom. The van der Waals surface area contributed by atoms with Gasteiger partial charge in [-0.15, -0.1) is 6.58 Å². The molecule has 0 aliphatic heterocycles. The molecular weight excluding hydrogens is 342 g/mol. The van der Waals surface area contributed by atoms with Crippen LogP contribution in [0.2, 0.25) is 0 Å². The highest BCUT2D eigenvalue weighted by atomic mass is 32.1. The van der Waals surface area contributed by atoms with Gasteiger partial charge in [-0.05, 0) is 13.0 Å². The quantitative estimate of drug-likeness (QED) is 0.407. The third kappa shape index (κ3) is 3.13. The molecule has 128 valence electrons. The van der Waals surface area contributed by atoms with Crippen molar-refractivity contribution < 1.29 is 9.72 Å². The molecule has 0 aliphatic carbocycles. The van der Waals surface area contributed by atoms with Gasteiger partial charge in [0, 0.05) is 37.5 Å². The van der Waals surface area contributed by atoms with Crippen molar-refractivity contribution in [2.45, 2.75) is 13.5 Å². The van der Waals surface area contributed by atoms with E-state index in [1.807, 2.05) is 0 Å². The minimum Gasteiger partial charge on any atom is -0.312 e. The molecule has 0 spiro atoms. The Hall–Kier alpha value is -3.07. The van der Waals surface area contributed by atoms with Gasteiger partial charge in [-0.1, -0.05) is 17.4 Å². The predicted octanol–water partition coefficient (Wildman–Crippen LogP) is 2.58. The van der Waals surface area contributed by atoms with E-state index < -0.39 is 10.8 Å². The molecule has 1 aromatic carbocycles. The van der Waals surface area contributed by atoms with Crippen LogP contribution >= 0.6 is 11.3 Å². The average molecular weight is 357 g/mol.